The number of anilines is 3. The highest BCUT2D eigenvalue weighted by atomic mass is 35.5. The van der Waals surface area contributed by atoms with Gasteiger partial charge in [0.15, 0.2) is 0 Å². The van der Waals surface area contributed by atoms with Gasteiger partial charge < -0.3 is 16.0 Å². The summed E-state index contributed by atoms with van der Waals surface area (Å²) in [5.74, 6) is -0.397. The smallest absolute Gasteiger partial charge is 0.326 e. The molecule has 3 N–H and O–H groups in total. The minimum absolute atomic E-state index is 0.294. The second-order valence-electron chi connectivity index (χ2n) is 6.81. The Morgan fingerprint density at radius 3 is 2.25 bits per heavy atom. The topological polar surface area (TPSA) is 73.5 Å². The molecular weight excluding hydrogens is 454 g/mol. The molecule has 166 valence electrons. The average molecular weight is 475 g/mol. The average Bonchev–Trinajstić information content (AvgIpc) is 2.76. The van der Waals surface area contributed by atoms with Crippen LogP contribution in [0.1, 0.15) is 6.42 Å². The van der Waals surface area contributed by atoms with Gasteiger partial charge in [-0.2, -0.15) is 0 Å². The highest BCUT2D eigenvalue weighted by molar-refractivity contribution is 6.31. The van der Waals surface area contributed by atoms with Gasteiger partial charge in [0, 0.05) is 40.2 Å². The summed E-state index contributed by atoms with van der Waals surface area (Å²) in [7, 11) is 0. The van der Waals surface area contributed by atoms with Gasteiger partial charge >= 0.3 is 12.1 Å². The molecule has 0 heterocycles. The molecule has 0 aliphatic carbocycles. The maximum absolute atomic E-state index is 13.3. The second-order valence-corrected chi connectivity index (χ2v) is 7.68. The normalized spacial score (nSPS) is 10.3. The van der Waals surface area contributed by atoms with Crippen molar-refractivity contribution in [2.45, 2.75) is 6.42 Å². The molecule has 0 aromatic heterocycles. The first-order chi connectivity index (χ1) is 15.4. The number of halogens is 3. The van der Waals surface area contributed by atoms with Crippen molar-refractivity contribution < 1.29 is 14.0 Å². The molecule has 0 saturated carbocycles. The Balaban J connectivity index is 1.57. The Morgan fingerprint density at radius 1 is 0.844 bits per heavy atom. The molecule has 3 aromatic carbocycles. The first-order valence-electron chi connectivity index (χ1n) is 9.81. The summed E-state index contributed by atoms with van der Waals surface area (Å²) in [6, 6.07) is 18.4. The quantitative estimate of drug-likeness (QED) is 0.347. The van der Waals surface area contributed by atoms with Crippen LogP contribution >= 0.6 is 23.2 Å². The van der Waals surface area contributed by atoms with Crippen molar-refractivity contribution >= 4 is 52.3 Å². The third-order valence-electron chi connectivity index (χ3n) is 4.41. The van der Waals surface area contributed by atoms with E-state index in [0.717, 1.165) is 0 Å². The lowest BCUT2D eigenvalue weighted by Gasteiger charge is -2.23. The standard InChI is InChI=1S/C23H21Cl2FN4O2/c24-16-5-9-19(10-6-16)29-23(32)30(21-11-7-18(26)8-12-21)14-2-13-27-22(31)28-20-4-1-3-17(25)15-20/h1,3-12,15H,2,13-14H2,(H,29,32)(H2,27,28,31). The van der Waals surface area contributed by atoms with Crippen LogP contribution in [0.25, 0.3) is 0 Å². The van der Waals surface area contributed by atoms with E-state index >= 15 is 0 Å². The molecule has 0 bridgehead atoms. The third kappa shape index (κ3) is 7.14. The van der Waals surface area contributed by atoms with Crippen LogP contribution in [-0.2, 0) is 0 Å². The molecular formula is C23H21Cl2FN4O2. The number of carbonyl (C=O) groups is 2. The van der Waals surface area contributed by atoms with Gasteiger partial charge in [0.25, 0.3) is 0 Å². The van der Waals surface area contributed by atoms with Crippen LogP contribution in [0.15, 0.2) is 72.8 Å². The number of nitrogens with zero attached hydrogens (tertiary/aromatic N) is 1. The Hall–Kier alpha value is -3.29. The van der Waals surface area contributed by atoms with E-state index < -0.39 is 5.82 Å². The van der Waals surface area contributed by atoms with Crippen molar-refractivity contribution in [1.82, 2.24) is 5.32 Å². The van der Waals surface area contributed by atoms with E-state index in [0.29, 0.717) is 46.6 Å². The monoisotopic (exact) mass is 474 g/mol. The first kappa shape index (κ1) is 23.4. The summed E-state index contributed by atoms with van der Waals surface area (Å²) >= 11 is 11.8. The van der Waals surface area contributed by atoms with Gasteiger partial charge in [0.05, 0.1) is 0 Å². The van der Waals surface area contributed by atoms with Crippen molar-refractivity contribution in [2.24, 2.45) is 0 Å². The first-order valence-corrected chi connectivity index (χ1v) is 10.6. The Kier molecular flexibility index (Phi) is 8.30. The molecule has 0 unspecified atom stereocenters. The lowest BCUT2D eigenvalue weighted by molar-refractivity contribution is 0.252. The minimum Gasteiger partial charge on any atom is -0.338 e. The summed E-state index contributed by atoms with van der Waals surface area (Å²) in [5.41, 5.74) is 1.68. The molecule has 9 heteroatoms. The Bertz CT molecular complexity index is 1060. The van der Waals surface area contributed by atoms with Gasteiger partial charge in [-0.1, -0.05) is 29.3 Å². The van der Waals surface area contributed by atoms with E-state index in [2.05, 4.69) is 16.0 Å². The van der Waals surface area contributed by atoms with Crippen molar-refractivity contribution in [2.75, 3.05) is 28.6 Å². The molecule has 0 fully saturated rings. The molecule has 0 atom stereocenters. The molecule has 0 radical (unpaired) electrons. The van der Waals surface area contributed by atoms with Crippen molar-refractivity contribution in [3.05, 3.63) is 88.7 Å². The fourth-order valence-electron chi connectivity index (χ4n) is 2.87. The zero-order chi connectivity index (χ0) is 22.9. The highest BCUT2D eigenvalue weighted by Crippen LogP contribution is 2.19. The number of hydrogen-bond acceptors (Lipinski definition) is 2. The SMILES string of the molecule is O=C(NCCCN(C(=O)Nc1ccc(Cl)cc1)c1ccc(F)cc1)Nc1cccc(Cl)c1. The van der Waals surface area contributed by atoms with Gasteiger partial charge in [-0.05, 0) is 73.2 Å². The van der Waals surface area contributed by atoms with E-state index in [4.69, 9.17) is 23.2 Å². The molecule has 6 nitrogen and oxygen atoms in total. The van der Waals surface area contributed by atoms with E-state index in [1.807, 2.05) is 0 Å². The van der Waals surface area contributed by atoms with E-state index in [1.165, 1.54) is 29.2 Å². The van der Waals surface area contributed by atoms with Gasteiger partial charge in [0.1, 0.15) is 5.82 Å². The van der Waals surface area contributed by atoms with Crippen molar-refractivity contribution in [1.29, 1.82) is 0 Å². The molecule has 32 heavy (non-hydrogen) atoms. The van der Waals surface area contributed by atoms with Crippen molar-refractivity contribution in [3.8, 4) is 0 Å². The maximum atomic E-state index is 13.3. The predicted molar refractivity (Wildman–Crippen MR) is 127 cm³/mol. The van der Waals surface area contributed by atoms with Crippen LogP contribution in [0.3, 0.4) is 0 Å². The number of benzene rings is 3. The molecule has 3 rings (SSSR count). The summed E-state index contributed by atoms with van der Waals surface area (Å²) < 4.78 is 13.3. The fourth-order valence-corrected chi connectivity index (χ4v) is 3.19. The van der Waals surface area contributed by atoms with Gasteiger partial charge in [-0.3, -0.25) is 4.90 Å². The summed E-state index contributed by atoms with van der Waals surface area (Å²) in [6.07, 6.45) is 0.467. The minimum atomic E-state index is -0.397. The zero-order valence-corrected chi connectivity index (χ0v) is 18.5. The van der Waals surface area contributed by atoms with Crippen LogP contribution in [0.4, 0.5) is 31.0 Å². The number of amides is 4. The van der Waals surface area contributed by atoms with Gasteiger partial charge in [-0.15, -0.1) is 0 Å². The second kappa shape index (κ2) is 11.4. The number of hydrogen-bond donors (Lipinski definition) is 3. The molecule has 0 saturated heterocycles. The maximum Gasteiger partial charge on any atom is 0.326 e. The van der Waals surface area contributed by atoms with Crippen LogP contribution in [0.5, 0.6) is 0 Å². The van der Waals surface area contributed by atoms with Crippen molar-refractivity contribution in [3.63, 3.8) is 0 Å². The predicted octanol–water partition coefficient (Wildman–Crippen LogP) is 6.38. The fraction of sp³-hybridized carbons (Fsp3) is 0.130. The largest absolute Gasteiger partial charge is 0.338 e. The molecule has 0 aliphatic heterocycles. The molecule has 4 amide bonds. The third-order valence-corrected chi connectivity index (χ3v) is 4.89. The Labute approximate surface area is 195 Å². The highest BCUT2D eigenvalue weighted by Gasteiger charge is 2.16. The summed E-state index contributed by atoms with van der Waals surface area (Å²) in [5, 5.41) is 9.29. The number of carbonyl (C=O) groups excluding carboxylic acids is 2. The summed E-state index contributed by atoms with van der Waals surface area (Å²) in [4.78, 5) is 26.4. The van der Waals surface area contributed by atoms with Crippen LogP contribution in [0, 0.1) is 5.82 Å². The van der Waals surface area contributed by atoms with Crippen LogP contribution in [-0.4, -0.2) is 25.2 Å². The lowest BCUT2D eigenvalue weighted by Crippen LogP contribution is -2.38. The molecule has 0 aliphatic rings. The zero-order valence-electron chi connectivity index (χ0n) is 16.9. The van der Waals surface area contributed by atoms with Gasteiger partial charge in [0.2, 0.25) is 0 Å². The Morgan fingerprint density at radius 2 is 1.56 bits per heavy atom. The summed E-state index contributed by atoms with van der Waals surface area (Å²) in [6.45, 7) is 0.612. The lowest BCUT2D eigenvalue weighted by atomic mass is 10.2. The van der Waals surface area contributed by atoms with Crippen LogP contribution < -0.4 is 20.9 Å². The van der Waals surface area contributed by atoms with E-state index in [9.17, 15) is 14.0 Å². The molecule has 3 aromatic rings. The van der Waals surface area contributed by atoms with E-state index in [1.54, 1.807) is 48.5 Å². The van der Waals surface area contributed by atoms with Gasteiger partial charge in [-0.25, -0.2) is 14.0 Å². The number of nitrogens with one attached hydrogen (secondary N) is 3. The van der Waals surface area contributed by atoms with E-state index in [-0.39, 0.29) is 12.1 Å². The van der Waals surface area contributed by atoms with Crippen LogP contribution in [0.2, 0.25) is 10.0 Å². The number of rotatable bonds is 7. The number of urea groups is 2. The molecule has 0 spiro atoms.